The predicted octanol–water partition coefficient (Wildman–Crippen LogP) is 3.85. The molecule has 19 heavy (non-hydrogen) atoms. The van der Waals surface area contributed by atoms with Crippen LogP contribution in [0, 0.1) is 6.92 Å². The first kappa shape index (κ1) is 12.0. The number of nitrogens with zero attached hydrogens (tertiary/aromatic N) is 2. The third-order valence-corrected chi connectivity index (χ3v) is 4.12. The van der Waals surface area contributed by atoms with Gasteiger partial charge in [-0.15, -0.1) is 11.3 Å². The fraction of sp³-hybridized carbons (Fsp3) is 0.133. The van der Waals surface area contributed by atoms with Crippen LogP contribution in [0.5, 0.6) is 0 Å². The Morgan fingerprint density at radius 2 is 2.16 bits per heavy atom. The van der Waals surface area contributed by atoms with Crippen molar-refractivity contribution in [2.75, 3.05) is 5.32 Å². The van der Waals surface area contributed by atoms with Crippen LogP contribution in [0.3, 0.4) is 0 Å². The van der Waals surface area contributed by atoms with Crippen molar-refractivity contribution in [2.45, 2.75) is 13.5 Å². The minimum Gasteiger partial charge on any atom is -0.378 e. The number of anilines is 1. The minimum atomic E-state index is 0.856. The highest BCUT2D eigenvalue weighted by atomic mass is 32.1. The van der Waals surface area contributed by atoms with Crippen LogP contribution < -0.4 is 5.32 Å². The first-order valence-corrected chi connectivity index (χ1v) is 7.07. The van der Waals surface area contributed by atoms with Gasteiger partial charge in [-0.3, -0.25) is 0 Å². The van der Waals surface area contributed by atoms with Crippen LogP contribution in [0.4, 0.5) is 5.69 Å². The molecule has 0 bridgehead atoms. The Morgan fingerprint density at radius 1 is 1.26 bits per heavy atom. The van der Waals surface area contributed by atoms with E-state index in [-0.39, 0.29) is 0 Å². The molecule has 0 aliphatic heterocycles. The first-order chi connectivity index (χ1) is 9.34. The van der Waals surface area contributed by atoms with Gasteiger partial charge in [-0.1, -0.05) is 12.1 Å². The van der Waals surface area contributed by atoms with Crippen molar-refractivity contribution in [3.63, 3.8) is 0 Å². The van der Waals surface area contributed by atoms with E-state index in [0.717, 1.165) is 17.9 Å². The summed E-state index contributed by atoms with van der Waals surface area (Å²) in [6.07, 6.45) is 5.56. The molecule has 0 aliphatic rings. The summed E-state index contributed by atoms with van der Waals surface area (Å²) < 4.78 is 2.02. The van der Waals surface area contributed by atoms with Crippen molar-refractivity contribution in [2.24, 2.45) is 0 Å². The molecule has 3 aromatic rings. The molecule has 1 aromatic carbocycles. The summed E-state index contributed by atoms with van der Waals surface area (Å²) in [7, 11) is 0. The van der Waals surface area contributed by atoms with Gasteiger partial charge >= 0.3 is 0 Å². The smallest absolute Gasteiger partial charge is 0.0992 e. The zero-order chi connectivity index (χ0) is 13.1. The van der Waals surface area contributed by atoms with Crippen LogP contribution in [-0.2, 0) is 6.54 Å². The lowest BCUT2D eigenvalue weighted by Gasteiger charge is -2.12. The lowest BCUT2D eigenvalue weighted by Crippen LogP contribution is -2.03. The number of aryl methyl sites for hydroxylation is 1. The minimum absolute atomic E-state index is 0.856. The highest BCUT2D eigenvalue weighted by molar-refractivity contribution is 7.10. The molecule has 4 heteroatoms. The van der Waals surface area contributed by atoms with Gasteiger partial charge in [0.25, 0.3) is 0 Å². The monoisotopic (exact) mass is 269 g/mol. The van der Waals surface area contributed by atoms with Crippen LogP contribution in [0.1, 0.15) is 10.4 Å². The van der Waals surface area contributed by atoms with Gasteiger partial charge in [-0.05, 0) is 36.1 Å². The van der Waals surface area contributed by atoms with E-state index >= 15 is 0 Å². The van der Waals surface area contributed by atoms with Gasteiger partial charge < -0.3 is 9.88 Å². The quantitative estimate of drug-likeness (QED) is 0.779. The van der Waals surface area contributed by atoms with Gasteiger partial charge in [-0.25, -0.2) is 4.98 Å². The largest absolute Gasteiger partial charge is 0.378 e. The molecule has 0 saturated carbocycles. The van der Waals surface area contributed by atoms with Crippen LogP contribution in [-0.4, -0.2) is 9.55 Å². The maximum atomic E-state index is 4.10. The molecule has 0 radical (unpaired) electrons. The lowest BCUT2D eigenvalue weighted by molar-refractivity contribution is 1.04. The molecule has 2 aromatic heterocycles. The average Bonchev–Trinajstić information content (AvgIpc) is 3.08. The van der Waals surface area contributed by atoms with E-state index in [1.807, 2.05) is 29.2 Å². The molecular formula is C15H15N3S. The summed E-state index contributed by atoms with van der Waals surface area (Å²) in [5.74, 6) is 0. The van der Waals surface area contributed by atoms with E-state index in [1.54, 1.807) is 17.5 Å². The number of benzene rings is 1. The molecule has 0 fully saturated rings. The van der Waals surface area contributed by atoms with Crippen molar-refractivity contribution in [1.82, 2.24) is 9.55 Å². The molecule has 3 nitrogen and oxygen atoms in total. The standard InChI is InChI=1S/C15H15N3S/c1-12-6-9-19-15(12)10-17-13-4-2-3-5-14(13)18-8-7-16-11-18/h2-9,11,17H,10H2,1H3. The predicted molar refractivity (Wildman–Crippen MR) is 79.9 cm³/mol. The molecular weight excluding hydrogens is 254 g/mol. The van der Waals surface area contributed by atoms with E-state index in [4.69, 9.17) is 0 Å². The molecule has 0 saturated heterocycles. The fourth-order valence-corrected chi connectivity index (χ4v) is 2.86. The van der Waals surface area contributed by atoms with Crippen molar-refractivity contribution in [3.8, 4) is 5.69 Å². The van der Waals surface area contributed by atoms with Gasteiger partial charge in [0.1, 0.15) is 0 Å². The van der Waals surface area contributed by atoms with Gasteiger partial charge in [0.05, 0.1) is 17.7 Å². The van der Waals surface area contributed by atoms with Crippen LogP contribution >= 0.6 is 11.3 Å². The summed E-state index contributed by atoms with van der Waals surface area (Å²) in [5.41, 5.74) is 3.58. The van der Waals surface area contributed by atoms with E-state index < -0.39 is 0 Å². The Balaban J connectivity index is 1.84. The number of thiophene rings is 1. The topological polar surface area (TPSA) is 29.9 Å². The molecule has 0 aliphatic carbocycles. The van der Waals surface area contributed by atoms with Gasteiger partial charge in [-0.2, -0.15) is 0 Å². The molecule has 0 atom stereocenters. The molecule has 0 amide bonds. The molecule has 0 unspecified atom stereocenters. The summed E-state index contributed by atoms with van der Waals surface area (Å²) in [4.78, 5) is 5.48. The number of hydrogen-bond acceptors (Lipinski definition) is 3. The normalized spacial score (nSPS) is 10.6. The van der Waals surface area contributed by atoms with Crippen LogP contribution in [0.2, 0.25) is 0 Å². The van der Waals surface area contributed by atoms with E-state index in [2.05, 4.69) is 40.8 Å². The molecule has 0 spiro atoms. The van der Waals surface area contributed by atoms with Gasteiger partial charge in [0, 0.05) is 23.8 Å². The van der Waals surface area contributed by atoms with E-state index in [1.165, 1.54) is 10.4 Å². The maximum Gasteiger partial charge on any atom is 0.0992 e. The molecule has 1 N–H and O–H groups in total. The number of imidazole rings is 1. The number of nitrogens with one attached hydrogen (secondary N) is 1. The second kappa shape index (κ2) is 5.28. The van der Waals surface area contributed by atoms with Crippen LogP contribution in [0.15, 0.2) is 54.4 Å². The van der Waals surface area contributed by atoms with Crippen LogP contribution in [0.25, 0.3) is 5.69 Å². The second-order valence-electron chi connectivity index (χ2n) is 4.37. The number of para-hydroxylation sites is 2. The zero-order valence-electron chi connectivity index (χ0n) is 10.7. The number of hydrogen-bond donors (Lipinski definition) is 1. The molecule has 2 heterocycles. The Hall–Kier alpha value is -2.07. The van der Waals surface area contributed by atoms with Crippen molar-refractivity contribution in [1.29, 1.82) is 0 Å². The Morgan fingerprint density at radius 3 is 2.89 bits per heavy atom. The van der Waals surface area contributed by atoms with Gasteiger partial charge in [0.15, 0.2) is 0 Å². The van der Waals surface area contributed by atoms with Gasteiger partial charge in [0.2, 0.25) is 0 Å². The fourth-order valence-electron chi connectivity index (χ4n) is 2.01. The highest BCUT2D eigenvalue weighted by Crippen LogP contribution is 2.22. The summed E-state index contributed by atoms with van der Waals surface area (Å²) >= 11 is 1.79. The summed E-state index contributed by atoms with van der Waals surface area (Å²) in [6, 6.07) is 10.4. The third kappa shape index (κ3) is 2.53. The lowest BCUT2D eigenvalue weighted by atomic mass is 10.2. The Bertz CT molecular complexity index is 656. The maximum absolute atomic E-state index is 4.10. The van der Waals surface area contributed by atoms with Crippen molar-refractivity contribution < 1.29 is 0 Å². The number of rotatable bonds is 4. The third-order valence-electron chi connectivity index (χ3n) is 3.09. The molecule has 3 rings (SSSR count). The second-order valence-corrected chi connectivity index (χ2v) is 5.37. The van der Waals surface area contributed by atoms with Crippen molar-refractivity contribution in [3.05, 3.63) is 64.9 Å². The van der Waals surface area contributed by atoms with Crippen molar-refractivity contribution >= 4 is 17.0 Å². The average molecular weight is 269 g/mol. The first-order valence-electron chi connectivity index (χ1n) is 6.19. The van der Waals surface area contributed by atoms with E-state index in [9.17, 15) is 0 Å². The highest BCUT2D eigenvalue weighted by Gasteiger charge is 2.04. The van der Waals surface area contributed by atoms with E-state index in [0.29, 0.717) is 0 Å². The Labute approximate surface area is 116 Å². The number of aromatic nitrogens is 2. The summed E-state index contributed by atoms with van der Waals surface area (Å²) in [6.45, 7) is 3.00. The Kier molecular flexibility index (Phi) is 3.33. The zero-order valence-corrected chi connectivity index (χ0v) is 11.5. The summed E-state index contributed by atoms with van der Waals surface area (Å²) in [5, 5.41) is 5.64. The SMILES string of the molecule is Cc1ccsc1CNc1ccccc1-n1ccnc1. The molecule has 96 valence electrons.